The van der Waals surface area contributed by atoms with Crippen LogP contribution >= 0.6 is 19.6 Å². The van der Waals surface area contributed by atoms with Gasteiger partial charge in [-0.05, 0) is 28.8 Å². The third-order valence-corrected chi connectivity index (χ3v) is 8.51. The lowest BCUT2D eigenvalue weighted by Crippen LogP contribution is -2.54. The highest BCUT2D eigenvalue weighted by Crippen LogP contribution is 2.51. The number of phosphoric acid groups is 1. The van der Waals surface area contributed by atoms with Crippen LogP contribution in [0.15, 0.2) is 84.9 Å². The lowest BCUT2D eigenvalue weighted by Gasteiger charge is -2.21. The van der Waals surface area contributed by atoms with Crippen molar-refractivity contribution in [3.8, 4) is 5.75 Å². The van der Waals surface area contributed by atoms with Crippen LogP contribution in [0.3, 0.4) is 0 Å². The molecule has 4 rings (SSSR count). The number of carbonyl (C=O) groups is 3. The van der Waals surface area contributed by atoms with Crippen molar-refractivity contribution in [2.24, 2.45) is 0 Å². The normalized spacial score (nSPS) is 16.0. The number of phosphoric ester groups is 1. The number of carboxylic acid groups (broad SMARTS) is 1. The summed E-state index contributed by atoms with van der Waals surface area (Å²) in [6.45, 7) is 0.503. The molecule has 0 aliphatic carbocycles. The highest BCUT2D eigenvalue weighted by molar-refractivity contribution is 7.99. The van der Waals surface area contributed by atoms with E-state index in [4.69, 9.17) is 13.6 Å². The van der Waals surface area contributed by atoms with Crippen molar-refractivity contribution in [3.05, 3.63) is 102 Å². The van der Waals surface area contributed by atoms with E-state index in [0.29, 0.717) is 17.9 Å². The predicted molar refractivity (Wildman–Crippen MR) is 158 cm³/mol. The molecule has 1 aliphatic rings. The summed E-state index contributed by atoms with van der Waals surface area (Å²) in [5, 5.41) is 16.9. The zero-order valence-corrected chi connectivity index (χ0v) is 24.4. The van der Waals surface area contributed by atoms with Gasteiger partial charge in [0.1, 0.15) is 17.8 Å². The first-order valence-electron chi connectivity index (χ1n) is 13.2. The lowest BCUT2D eigenvalue weighted by molar-refractivity contribution is -0.129. The summed E-state index contributed by atoms with van der Waals surface area (Å²) in [7, 11) is -4.07. The molecule has 3 amide bonds. The highest BCUT2D eigenvalue weighted by atomic mass is 32.2. The molecule has 2 atom stereocenters. The molecular weight excluding hydrogens is 581 g/mol. The van der Waals surface area contributed by atoms with Gasteiger partial charge in [-0.1, -0.05) is 72.8 Å². The number of hydrogen-bond donors (Lipinski definition) is 4. The monoisotopic (exact) mass is 613 g/mol. The highest BCUT2D eigenvalue weighted by Gasteiger charge is 2.30. The minimum absolute atomic E-state index is 0.000163. The SMILES string of the molecule is O=C(O)N[C@@H](Cc1ccc(OP(=O)(OCc2ccccc2)OCc2ccccc2)cc1)C(=O)N[C@@H]1CSCCNC1=O. The predicted octanol–water partition coefficient (Wildman–Crippen LogP) is 4.13. The van der Waals surface area contributed by atoms with Gasteiger partial charge >= 0.3 is 13.9 Å². The van der Waals surface area contributed by atoms with Crippen LogP contribution in [0.5, 0.6) is 5.75 Å². The Labute approximate surface area is 247 Å². The van der Waals surface area contributed by atoms with Crippen LogP contribution < -0.4 is 20.5 Å². The largest absolute Gasteiger partial charge is 0.530 e. The Hall–Kier alpha value is -3.83. The Morgan fingerprint density at radius 2 is 1.52 bits per heavy atom. The third kappa shape index (κ3) is 9.92. The quantitative estimate of drug-likeness (QED) is 0.209. The number of thioether (sulfide) groups is 1. The van der Waals surface area contributed by atoms with Crippen molar-refractivity contribution in [2.75, 3.05) is 18.1 Å². The minimum Gasteiger partial charge on any atom is -0.465 e. The summed E-state index contributed by atoms with van der Waals surface area (Å²) in [5.41, 5.74) is 2.17. The number of benzene rings is 3. The van der Waals surface area contributed by atoms with Crippen LogP contribution in [-0.4, -0.2) is 53.1 Å². The first-order valence-corrected chi connectivity index (χ1v) is 15.8. The van der Waals surface area contributed by atoms with E-state index < -0.39 is 31.9 Å². The molecule has 3 aromatic rings. The van der Waals surface area contributed by atoms with Crippen molar-refractivity contribution in [1.82, 2.24) is 16.0 Å². The van der Waals surface area contributed by atoms with Crippen LogP contribution in [0.4, 0.5) is 4.79 Å². The summed E-state index contributed by atoms with van der Waals surface area (Å²) < 4.78 is 30.6. The summed E-state index contributed by atoms with van der Waals surface area (Å²) in [6, 6.07) is 22.8. The van der Waals surface area contributed by atoms with E-state index >= 15 is 0 Å². The molecule has 1 saturated heterocycles. The van der Waals surface area contributed by atoms with Crippen molar-refractivity contribution in [3.63, 3.8) is 0 Å². The van der Waals surface area contributed by atoms with Crippen molar-refractivity contribution in [2.45, 2.75) is 31.7 Å². The van der Waals surface area contributed by atoms with Crippen LogP contribution in [0, 0.1) is 0 Å². The smallest absolute Gasteiger partial charge is 0.465 e. The molecule has 1 aliphatic heterocycles. The van der Waals surface area contributed by atoms with Crippen molar-refractivity contribution < 1.29 is 37.6 Å². The van der Waals surface area contributed by atoms with Gasteiger partial charge in [-0.15, -0.1) is 0 Å². The van der Waals surface area contributed by atoms with E-state index in [1.54, 1.807) is 12.1 Å². The van der Waals surface area contributed by atoms with E-state index in [2.05, 4.69) is 16.0 Å². The van der Waals surface area contributed by atoms with Gasteiger partial charge < -0.3 is 25.6 Å². The molecule has 13 heteroatoms. The molecule has 0 bridgehead atoms. The topological polar surface area (TPSA) is 152 Å². The first-order chi connectivity index (χ1) is 20.3. The van der Waals surface area contributed by atoms with Gasteiger partial charge in [-0.2, -0.15) is 11.8 Å². The average molecular weight is 614 g/mol. The minimum atomic E-state index is -4.07. The Morgan fingerprint density at radius 3 is 2.10 bits per heavy atom. The second kappa shape index (κ2) is 15.4. The van der Waals surface area contributed by atoms with E-state index in [0.717, 1.165) is 16.9 Å². The molecule has 1 fully saturated rings. The standard InChI is InChI=1S/C29H32N3O8PS/c33-27-26(20-42-16-15-30-27)31-28(34)25(32-29(35)36)17-21-11-13-24(14-12-21)40-41(37,38-18-22-7-3-1-4-8-22)39-19-23-9-5-2-6-10-23/h1-14,25-26,32H,15-20H2,(H,30,33)(H,31,34)(H,35,36)/t25-,26+/m0/s1. The second-order valence-corrected chi connectivity index (χ2v) is 12.1. The van der Waals surface area contributed by atoms with Gasteiger partial charge in [0.15, 0.2) is 0 Å². The second-order valence-electron chi connectivity index (χ2n) is 9.33. The zero-order chi connectivity index (χ0) is 29.8. The van der Waals surface area contributed by atoms with Gasteiger partial charge in [-0.3, -0.25) is 18.6 Å². The number of carbonyl (C=O) groups excluding carboxylic acids is 2. The summed E-state index contributed by atoms with van der Waals surface area (Å²) in [4.78, 5) is 36.5. The molecule has 42 heavy (non-hydrogen) atoms. The summed E-state index contributed by atoms with van der Waals surface area (Å²) in [5.74, 6) is 0.390. The molecule has 0 spiro atoms. The van der Waals surface area contributed by atoms with Gasteiger partial charge in [-0.25, -0.2) is 9.36 Å². The average Bonchev–Trinajstić information content (AvgIpc) is 3.20. The molecule has 4 N–H and O–H groups in total. The Morgan fingerprint density at radius 1 is 0.929 bits per heavy atom. The Kier molecular flexibility index (Phi) is 11.4. The Balaban J connectivity index is 1.42. The molecular formula is C29H32N3O8PS. The van der Waals surface area contributed by atoms with Gasteiger partial charge in [0.2, 0.25) is 11.8 Å². The summed E-state index contributed by atoms with van der Waals surface area (Å²) in [6.07, 6.45) is -1.37. The molecule has 0 radical (unpaired) electrons. The molecule has 1 heterocycles. The van der Waals surface area contributed by atoms with E-state index in [-0.39, 0.29) is 31.3 Å². The third-order valence-electron chi connectivity index (χ3n) is 6.12. The van der Waals surface area contributed by atoms with Crippen molar-refractivity contribution >= 4 is 37.5 Å². The number of amides is 3. The van der Waals surface area contributed by atoms with E-state index in [1.165, 1.54) is 23.9 Å². The number of nitrogens with one attached hydrogen (secondary N) is 3. The molecule has 11 nitrogen and oxygen atoms in total. The first kappa shape index (κ1) is 31.1. The fourth-order valence-corrected chi connectivity index (χ4v) is 6.04. The van der Waals surface area contributed by atoms with Gasteiger partial charge in [0.25, 0.3) is 0 Å². The fraction of sp³-hybridized carbons (Fsp3) is 0.276. The van der Waals surface area contributed by atoms with Gasteiger partial charge in [0, 0.05) is 24.5 Å². The van der Waals surface area contributed by atoms with Crippen molar-refractivity contribution in [1.29, 1.82) is 0 Å². The van der Waals surface area contributed by atoms with Crippen LogP contribution in [0.1, 0.15) is 16.7 Å². The number of rotatable bonds is 13. The summed E-state index contributed by atoms with van der Waals surface area (Å²) >= 11 is 1.52. The van der Waals surface area contributed by atoms with E-state index in [1.807, 2.05) is 60.7 Å². The van der Waals surface area contributed by atoms with Crippen LogP contribution in [-0.2, 0) is 42.8 Å². The molecule has 0 saturated carbocycles. The molecule has 222 valence electrons. The van der Waals surface area contributed by atoms with Crippen LogP contribution in [0.2, 0.25) is 0 Å². The van der Waals surface area contributed by atoms with Gasteiger partial charge in [0.05, 0.1) is 13.2 Å². The Bertz CT molecular complexity index is 1330. The molecule has 0 unspecified atom stereocenters. The molecule has 3 aromatic carbocycles. The maximum Gasteiger partial charge on any atom is 0.530 e. The maximum absolute atomic E-state index is 13.6. The maximum atomic E-state index is 13.6. The molecule has 0 aromatic heterocycles. The number of hydrogen-bond acceptors (Lipinski definition) is 8. The van der Waals surface area contributed by atoms with Crippen LogP contribution in [0.25, 0.3) is 0 Å². The fourth-order valence-electron chi connectivity index (χ4n) is 3.98. The lowest BCUT2D eigenvalue weighted by atomic mass is 10.0. The van der Waals surface area contributed by atoms with E-state index in [9.17, 15) is 24.1 Å². The zero-order valence-electron chi connectivity index (χ0n) is 22.6.